The molecule has 0 saturated heterocycles. The van der Waals surface area contributed by atoms with Gasteiger partial charge in [0.25, 0.3) is 0 Å². The summed E-state index contributed by atoms with van der Waals surface area (Å²) in [6.45, 7) is 1.30. The summed E-state index contributed by atoms with van der Waals surface area (Å²) in [6, 6.07) is 5.38. The van der Waals surface area contributed by atoms with Crippen LogP contribution in [-0.2, 0) is 16.6 Å². The molecule has 0 atom stereocenters. The van der Waals surface area contributed by atoms with Crippen LogP contribution in [0.5, 0.6) is 11.5 Å². The molecule has 1 aliphatic heterocycles. The topological polar surface area (TPSA) is 55.8 Å². The Hall–Kier alpha value is -0.980. The highest BCUT2D eigenvalue weighted by Crippen LogP contribution is 2.31. The fourth-order valence-corrected chi connectivity index (χ4v) is 2.64. The molecule has 0 saturated carbocycles. The lowest BCUT2D eigenvalue weighted by Crippen LogP contribution is -2.27. The van der Waals surface area contributed by atoms with Gasteiger partial charge in [0.1, 0.15) is 18.4 Å². The monoisotopic (exact) mass is 291 g/mol. The van der Waals surface area contributed by atoms with Crippen LogP contribution in [0.3, 0.4) is 0 Å². The maximum atomic E-state index is 11.5. The second-order valence-electron chi connectivity index (χ2n) is 3.96. The van der Waals surface area contributed by atoms with Crippen LogP contribution >= 0.6 is 11.6 Å². The first kappa shape index (κ1) is 13.5. The Labute approximate surface area is 111 Å². The van der Waals surface area contributed by atoms with Crippen LogP contribution in [0.25, 0.3) is 0 Å². The van der Waals surface area contributed by atoms with E-state index in [1.54, 1.807) is 12.1 Å². The normalized spacial score (nSPS) is 14.8. The number of sulfonamides is 1. The molecule has 0 bridgehead atoms. The minimum absolute atomic E-state index is 0.256. The lowest BCUT2D eigenvalue weighted by molar-refractivity contribution is 0.171. The molecule has 0 aliphatic carbocycles. The molecule has 1 heterocycles. The zero-order valence-electron chi connectivity index (χ0n) is 9.93. The number of hydrogen-bond donors (Lipinski definition) is 0. The highest BCUT2D eigenvalue weighted by Gasteiger charge is 2.18. The summed E-state index contributed by atoms with van der Waals surface area (Å²) in [5.74, 6) is 1.34. The van der Waals surface area contributed by atoms with Crippen LogP contribution in [0.4, 0.5) is 0 Å². The number of ether oxygens (including phenoxy) is 2. The maximum Gasteiger partial charge on any atom is 0.228 e. The highest BCUT2D eigenvalue weighted by molar-refractivity contribution is 7.90. The number of rotatable bonds is 4. The van der Waals surface area contributed by atoms with Crippen molar-refractivity contribution in [1.82, 2.24) is 4.31 Å². The molecule has 2 rings (SSSR count). The summed E-state index contributed by atoms with van der Waals surface area (Å²) in [5, 5.41) is -0.423. The smallest absolute Gasteiger partial charge is 0.228 e. The third kappa shape index (κ3) is 2.88. The molecule has 1 aromatic carbocycles. The first-order valence-electron chi connectivity index (χ1n) is 5.41. The molecule has 0 spiro atoms. The van der Waals surface area contributed by atoms with Gasteiger partial charge in [0, 0.05) is 13.6 Å². The number of hydrogen-bond acceptors (Lipinski definition) is 4. The number of fused-ring (bicyclic) bond motifs is 1. The minimum Gasteiger partial charge on any atom is -0.486 e. The molecule has 100 valence electrons. The van der Waals surface area contributed by atoms with Crippen molar-refractivity contribution in [3.05, 3.63) is 23.8 Å². The second kappa shape index (κ2) is 5.34. The lowest BCUT2D eigenvalue weighted by Gasteiger charge is -2.20. The zero-order valence-corrected chi connectivity index (χ0v) is 11.5. The van der Waals surface area contributed by atoms with E-state index in [0.29, 0.717) is 24.7 Å². The molecule has 1 aliphatic rings. The Morgan fingerprint density at radius 2 is 1.94 bits per heavy atom. The van der Waals surface area contributed by atoms with Gasteiger partial charge in [-0.15, -0.1) is 11.6 Å². The minimum atomic E-state index is -3.39. The van der Waals surface area contributed by atoms with Crippen LogP contribution in [0.1, 0.15) is 5.56 Å². The van der Waals surface area contributed by atoms with Crippen molar-refractivity contribution in [3.8, 4) is 11.5 Å². The molecule has 1 aromatic rings. The summed E-state index contributed by atoms with van der Waals surface area (Å²) < 4.78 is 35.1. The van der Waals surface area contributed by atoms with Gasteiger partial charge < -0.3 is 9.47 Å². The van der Waals surface area contributed by atoms with E-state index in [9.17, 15) is 8.42 Å². The van der Waals surface area contributed by atoms with Gasteiger partial charge in [-0.1, -0.05) is 6.07 Å². The molecule has 0 N–H and O–H groups in total. The lowest BCUT2D eigenvalue weighted by atomic mass is 10.2. The van der Waals surface area contributed by atoms with E-state index in [0.717, 1.165) is 5.56 Å². The summed E-state index contributed by atoms with van der Waals surface area (Å²) in [5.41, 5.74) is 0.829. The molecule has 0 amide bonds. The van der Waals surface area contributed by atoms with E-state index in [1.165, 1.54) is 11.4 Å². The molecule has 7 heteroatoms. The van der Waals surface area contributed by atoms with Crippen LogP contribution in [0.15, 0.2) is 18.2 Å². The van der Waals surface area contributed by atoms with E-state index in [4.69, 9.17) is 21.1 Å². The second-order valence-corrected chi connectivity index (χ2v) is 6.62. The SMILES string of the molecule is CN(Cc1ccc2c(c1)OCCO2)S(=O)(=O)CCl. The van der Waals surface area contributed by atoms with Crippen molar-refractivity contribution in [2.75, 3.05) is 25.5 Å². The summed E-state index contributed by atoms with van der Waals surface area (Å²) in [7, 11) is -1.90. The zero-order chi connectivity index (χ0) is 13.2. The van der Waals surface area contributed by atoms with Crippen molar-refractivity contribution in [1.29, 1.82) is 0 Å². The van der Waals surface area contributed by atoms with Crippen molar-refractivity contribution >= 4 is 21.6 Å². The molecule has 18 heavy (non-hydrogen) atoms. The Balaban J connectivity index is 2.15. The molecule has 0 radical (unpaired) electrons. The van der Waals surface area contributed by atoms with Crippen molar-refractivity contribution in [3.63, 3.8) is 0 Å². The van der Waals surface area contributed by atoms with Crippen LogP contribution in [0.2, 0.25) is 0 Å². The van der Waals surface area contributed by atoms with Gasteiger partial charge in [0.05, 0.1) is 0 Å². The van der Waals surface area contributed by atoms with E-state index in [-0.39, 0.29) is 6.54 Å². The Bertz CT molecular complexity index is 532. The summed E-state index contributed by atoms with van der Waals surface area (Å²) in [6.07, 6.45) is 0. The van der Waals surface area contributed by atoms with E-state index in [2.05, 4.69) is 0 Å². The molecular formula is C11H14ClNO4S. The molecule has 0 unspecified atom stereocenters. The van der Waals surface area contributed by atoms with Gasteiger partial charge in [0.2, 0.25) is 10.0 Å². The quantitative estimate of drug-likeness (QED) is 0.787. The van der Waals surface area contributed by atoms with Gasteiger partial charge in [-0.25, -0.2) is 8.42 Å². The maximum absolute atomic E-state index is 11.5. The Kier molecular flexibility index (Phi) is 3.99. The first-order valence-corrected chi connectivity index (χ1v) is 7.56. The van der Waals surface area contributed by atoms with Crippen molar-refractivity contribution < 1.29 is 17.9 Å². The fourth-order valence-electron chi connectivity index (χ4n) is 1.62. The number of alkyl halides is 1. The number of nitrogens with zero attached hydrogens (tertiary/aromatic N) is 1. The Morgan fingerprint density at radius 1 is 1.28 bits per heavy atom. The molecular weight excluding hydrogens is 278 g/mol. The van der Waals surface area contributed by atoms with Crippen LogP contribution in [0, 0.1) is 0 Å². The van der Waals surface area contributed by atoms with Gasteiger partial charge >= 0.3 is 0 Å². The van der Waals surface area contributed by atoms with E-state index in [1.807, 2.05) is 6.07 Å². The highest BCUT2D eigenvalue weighted by atomic mass is 35.5. The third-order valence-corrected chi connectivity index (χ3v) is 4.81. The van der Waals surface area contributed by atoms with E-state index >= 15 is 0 Å². The Morgan fingerprint density at radius 3 is 2.61 bits per heavy atom. The molecule has 0 aromatic heterocycles. The van der Waals surface area contributed by atoms with Crippen molar-refractivity contribution in [2.24, 2.45) is 0 Å². The largest absolute Gasteiger partial charge is 0.486 e. The van der Waals surface area contributed by atoms with Gasteiger partial charge in [-0.3, -0.25) is 0 Å². The van der Waals surface area contributed by atoms with Gasteiger partial charge in [-0.2, -0.15) is 4.31 Å². The summed E-state index contributed by atoms with van der Waals surface area (Å²) in [4.78, 5) is 0. The third-order valence-electron chi connectivity index (χ3n) is 2.62. The fraction of sp³-hybridized carbons (Fsp3) is 0.455. The predicted molar refractivity (Wildman–Crippen MR) is 68.5 cm³/mol. The summed E-state index contributed by atoms with van der Waals surface area (Å²) >= 11 is 5.40. The van der Waals surface area contributed by atoms with Gasteiger partial charge in [0.15, 0.2) is 11.5 Å². The predicted octanol–water partition coefficient (Wildman–Crippen LogP) is 1.42. The average molecular weight is 292 g/mol. The number of benzene rings is 1. The van der Waals surface area contributed by atoms with Gasteiger partial charge in [-0.05, 0) is 17.7 Å². The first-order chi connectivity index (χ1) is 8.53. The molecule has 5 nitrogen and oxygen atoms in total. The van der Waals surface area contributed by atoms with Crippen LogP contribution in [-0.4, -0.2) is 38.2 Å². The van der Waals surface area contributed by atoms with Crippen LogP contribution < -0.4 is 9.47 Å². The van der Waals surface area contributed by atoms with Crippen molar-refractivity contribution in [2.45, 2.75) is 6.54 Å². The average Bonchev–Trinajstić information content (AvgIpc) is 2.38. The standard InChI is InChI=1S/C11H14ClNO4S/c1-13(18(14,15)8-12)7-9-2-3-10-11(6-9)17-5-4-16-10/h2-3,6H,4-5,7-8H2,1H3. The number of halogens is 1. The van der Waals surface area contributed by atoms with E-state index < -0.39 is 15.2 Å². The molecule has 0 fully saturated rings.